The molecule has 162 valence electrons. The Bertz CT molecular complexity index is 869. The number of hydrogen-bond acceptors (Lipinski definition) is 5. The number of allylic oxidation sites excluding steroid dienone is 1. The Morgan fingerprint density at radius 3 is 2.73 bits per heavy atom. The van der Waals surface area contributed by atoms with Crippen molar-refractivity contribution in [1.29, 1.82) is 0 Å². The summed E-state index contributed by atoms with van der Waals surface area (Å²) in [7, 11) is 0. The smallest absolute Gasteiger partial charge is 0.230 e. The zero-order valence-electron chi connectivity index (χ0n) is 16.8. The SMILES string of the molecule is C=CCn1c(CSCc2ccc(Cl)c(Cl)c2)nnc1SCC(=O)NC1CCCCC1. The fourth-order valence-electron chi connectivity index (χ4n) is 3.38. The molecular weight excluding hydrogens is 459 g/mol. The standard InChI is InChI=1S/C21H26Cl2N4OS2/c1-2-10-27-19(13-29-12-15-8-9-17(22)18(23)11-15)25-26-21(27)30-14-20(28)24-16-6-4-3-5-7-16/h2,8-9,11,16H,1,3-7,10,12-14H2,(H,24,28). The Morgan fingerprint density at radius 2 is 2.00 bits per heavy atom. The third-order valence-electron chi connectivity index (χ3n) is 4.89. The van der Waals surface area contributed by atoms with Crippen LogP contribution in [0.1, 0.15) is 43.5 Å². The number of aromatic nitrogens is 3. The van der Waals surface area contributed by atoms with Crippen molar-refractivity contribution in [2.24, 2.45) is 0 Å². The lowest BCUT2D eigenvalue weighted by Gasteiger charge is -2.22. The molecule has 1 aromatic carbocycles. The van der Waals surface area contributed by atoms with Crippen molar-refractivity contribution in [3.05, 3.63) is 52.3 Å². The van der Waals surface area contributed by atoms with E-state index in [0.29, 0.717) is 34.1 Å². The Morgan fingerprint density at radius 1 is 1.20 bits per heavy atom. The van der Waals surface area contributed by atoms with E-state index in [-0.39, 0.29) is 5.91 Å². The van der Waals surface area contributed by atoms with Gasteiger partial charge in [0, 0.05) is 18.3 Å². The van der Waals surface area contributed by atoms with E-state index in [1.165, 1.54) is 31.0 Å². The molecule has 0 bridgehead atoms. The Hall–Kier alpha value is -1.15. The van der Waals surface area contributed by atoms with Gasteiger partial charge in [0.05, 0.1) is 21.6 Å². The average Bonchev–Trinajstić information content (AvgIpc) is 3.12. The van der Waals surface area contributed by atoms with Crippen LogP contribution in [-0.2, 0) is 22.8 Å². The lowest BCUT2D eigenvalue weighted by molar-refractivity contribution is -0.119. The van der Waals surface area contributed by atoms with Crippen molar-refractivity contribution in [2.75, 3.05) is 5.75 Å². The van der Waals surface area contributed by atoms with Gasteiger partial charge in [-0.3, -0.25) is 4.79 Å². The van der Waals surface area contributed by atoms with Gasteiger partial charge < -0.3 is 9.88 Å². The normalized spacial score (nSPS) is 14.6. The maximum absolute atomic E-state index is 12.3. The quantitative estimate of drug-likeness (QED) is 0.343. The van der Waals surface area contributed by atoms with Gasteiger partial charge in [-0.15, -0.1) is 28.5 Å². The average molecular weight is 486 g/mol. The lowest BCUT2D eigenvalue weighted by atomic mass is 9.95. The third kappa shape index (κ3) is 6.94. The van der Waals surface area contributed by atoms with E-state index >= 15 is 0 Å². The molecule has 1 saturated carbocycles. The maximum Gasteiger partial charge on any atom is 0.230 e. The molecule has 9 heteroatoms. The Balaban J connectivity index is 1.52. The first kappa shape index (κ1) is 23.5. The third-order valence-corrected chi connectivity index (χ3v) is 7.60. The summed E-state index contributed by atoms with van der Waals surface area (Å²) in [4.78, 5) is 12.3. The highest BCUT2D eigenvalue weighted by Crippen LogP contribution is 2.26. The summed E-state index contributed by atoms with van der Waals surface area (Å²) >= 11 is 15.2. The first-order chi connectivity index (χ1) is 14.6. The molecule has 0 atom stereocenters. The van der Waals surface area contributed by atoms with Crippen LogP contribution in [0.25, 0.3) is 0 Å². The molecule has 3 rings (SSSR count). The molecule has 1 amide bonds. The number of carbonyl (C=O) groups is 1. The highest BCUT2D eigenvalue weighted by atomic mass is 35.5. The van der Waals surface area contributed by atoms with Gasteiger partial charge in [0.2, 0.25) is 5.91 Å². The van der Waals surface area contributed by atoms with Gasteiger partial charge in [-0.25, -0.2) is 0 Å². The second kappa shape index (κ2) is 12.0. The molecule has 1 heterocycles. The minimum absolute atomic E-state index is 0.0654. The summed E-state index contributed by atoms with van der Waals surface area (Å²) in [6, 6.07) is 6.00. The lowest BCUT2D eigenvalue weighted by Crippen LogP contribution is -2.37. The molecule has 1 aromatic heterocycles. The Labute approximate surface area is 196 Å². The van der Waals surface area contributed by atoms with Gasteiger partial charge in [0.1, 0.15) is 5.82 Å². The number of amides is 1. The number of rotatable bonds is 10. The number of carbonyl (C=O) groups excluding carboxylic acids is 1. The van der Waals surface area contributed by atoms with E-state index < -0.39 is 0 Å². The van der Waals surface area contributed by atoms with Crippen molar-refractivity contribution in [2.45, 2.75) is 61.4 Å². The predicted molar refractivity (Wildman–Crippen MR) is 127 cm³/mol. The molecule has 2 aromatic rings. The zero-order chi connectivity index (χ0) is 21.3. The predicted octanol–water partition coefficient (Wildman–Crippen LogP) is 5.75. The number of thioether (sulfide) groups is 2. The van der Waals surface area contributed by atoms with E-state index in [9.17, 15) is 4.79 Å². The number of nitrogens with one attached hydrogen (secondary N) is 1. The highest BCUT2D eigenvalue weighted by molar-refractivity contribution is 7.99. The van der Waals surface area contributed by atoms with Gasteiger partial charge in [0.25, 0.3) is 0 Å². The molecule has 5 nitrogen and oxygen atoms in total. The van der Waals surface area contributed by atoms with Crippen LogP contribution in [0, 0.1) is 0 Å². The van der Waals surface area contributed by atoms with E-state index in [1.807, 2.05) is 28.8 Å². The van der Waals surface area contributed by atoms with Gasteiger partial charge in [-0.1, -0.05) is 66.4 Å². The van der Waals surface area contributed by atoms with Crippen LogP contribution in [0.5, 0.6) is 0 Å². The largest absolute Gasteiger partial charge is 0.353 e. The fraction of sp³-hybridized carbons (Fsp3) is 0.476. The molecule has 0 spiro atoms. The number of benzene rings is 1. The summed E-state index contributed by atoms with van der Waals surface area (Å²) in [5.41, 5.74) is 1.11. The van der Waals surface area contributed by atoms with E-state index in [0.717, 1.165) is 35.1 Å². The van der Waals surface area contributed by atoms with Gasteiger partial charge in [-0.05, 0) is 30.5 Å². The van der Waals surface area contributed by atoms with Crippen molar-refractivity contribution in [3.63, 3.8) is 0 Å². The van der Waals surface area contributed by atoms with Crippen molar-refractivity contribution < 1.29 is 4.79 Å². The molecule has 1 N–H and O–H groups in total. The van der Waals surface area contributed by atoms with E-state index in [2.05, 4.69) is 22.1 Å². The van der Waals surface area contributed by atoms with E-state index in [1.54, 1.807) is 11.8 Å². The molecule has 0 saturated heterocycles. The van der Waals surface area contributed by atoms with Gasteiger partial charge in [-0.2, -0.15) is 0 Å². The molecule has 0 radical (unpaired) electrons. The monoisotopic (exact) mass is 484 g/mol. The summed E-state index contributed by atoms with van der Waals surface area (Å²) in [6.07, 6.45) is 7.68. The van der Waals surface area contributed by atoms with Crippen LogP contribution < -0.4 is 5.32 Å². The summed E-state index contributed by atoms with van der Waals surface area (Å²) in [5, 5.41) is 13.7. The number of hydrogen-bond donors (Lipinski definition) is 1. The van der Waals surface area contributed by atoms with Crippen molar-refractivity contribution in [1.82, 2.24) is 20.1 Å². The van der Waals surface area contributed by atoms with E-state index in [4.69, 9.17) is 23.2 Å². The van der Waals surface area contributed by atoms with Crippen molar-refractivity contribution >= 4 is 52.6 Å². The summed E-state index contributed by atoms with van der Waals surface area (Å²) in [5.74, 6) is 2.79. The first-order valence-electron chi connectivity index (χ1n) is 10.0. The molecule has 1 aliphatic carbocycles. The second-order valence-electron chi connectivity index (χ2n) is 7.23. The maximum atomic E-state index is 12.3. The molecule has 0 unspecified atom stereocenters. The van der Waals surface area contributed by atoms with Crippen LogP contribution in [0.3, 0.4) is 0 Å². The minimum atomic E-state index is 0.0654. The zero-order valence-corrected chi connectivity index (χ0v) is 19.9. The minimum Gasteiger partial charge on any atom is -0.353 e. The molecule has 0 aliphatic heterocycles. The van der Waals surface area contributed by atoms with Crippen LogP contribution in [0.2, 0.25) is 10.0 Å². The first-order valence-corrected chi connectivity index (χ1v) is 12.9. The summed E-state index contributed by atoms with van der Waals surface area (Å²) in [6.45, 7) is 4.45. The molecule has 1 fully saturated rings. The highest BCUT2D eigenvalue weighted by Gasteiger charge is 2.17. The number of halogens is 2. The summed E-state index contributed by atoms with van der Waals surface area (Å²) < 4.78 is 2.02. The number of nitrogens with zero attached hydrogens (tertiary/aromatic N) is 3. The van der Waals surface area contributed by atoms with Crippen molar-refractivity contribution in [3.8, 4) is 0 Å². The molecule has 30 heavy (non-hydrogen) atoms. The topological polar surface area (TPSA) is 59.8 Å². The Kier molecular flexibility index (Phi) is 9.43. The molecule has 1 aliphatic rings. The van der Waals surface area contributed by atoms with Crippen LogP contribution in [0.15, 0.2) is 36.0 Å². The second-order valence-corrected chi connectivity index (χ2v) is 9.97. The van der Waals surface area contributed by atoms with Crippen LogP contribution in [-0.4, -0.2) is 32.5 Å². The van der Waals surface area contributed by atoms with Crippen LogP contribution >= 0.6 is 46.7 Å². The van der Waals surface area contributed by atoms with Crippen LogP contribution in [0.4, 0.5) is 0 Å². The van der Waals surface area contributed by atoms with Gasteiger partial charge >= 0.3 is 0 Å². The molecular formula is C21H26Cl2N4OS2. The van der Waals surface area contributed by atoms with Gasteiger partial charge in [0.15, 0.2) is 5.16 Å². The fourth-order valence-corrected chi connectivity index (χ4v) is 5.39.